The number of benzene rings is 1. The summed E-state index contributed by atoms with van der Waals surface area (Å²) in [5, 5.41) is 3.64. The molecule has 1 fully saturated rings. The van der Waals surface area contributed by atoms with Crippen molar-refractivity contribution in [3.8, 4) is 5.75 Å². The Bertz CT molecular complexity index is 1150. The molecule has 0 aliphatic carbocycles. The quantitative estimate of drug-likeness (QED) is 0.620. The molecule has 31 heavy (non-hydrogen) atoms. The first-order valence-electron chi connectivity index (χ1n) is 9.94. The van der Waals surface area contributed by atoms with Crippen LogP contribution >= 0.6 is 0 Å². The van der Waals surface area contributed by atoms with Gasteiger partial charge in [0.05, 0.1) is 24.0 Å². The normalized spacial score (nSPS) is 23.9. The Kier molecular flexibility index (Phi) is 4.70. The summed E-state index contributed by atoms with van der Waals surface area (Å²) in [6.45, 7) is 9.15. The summed E-state index contributed by atoms with van der Waals surface area (Å²) in [6, 6.07) is 8.22. The van der Waals surface area contributed by atoms with Gasteiger partial charge in [0, 0.05) is 18.5 Å². The van der Waals surface area contributed by atoms with Crippen LogP contribution in [0.4, 0.5) is 19.0 Å². The number of aromatic amines is 1. The van der Waals surface area contributed by atoms with E-state index < -0.39 is 11.9 Å². The summed E-state index contributed by atoms with van der Waals surface area (Å²) < 4.78 is 45.6. The van der Waals surface area contributed by atoms with E-state index in [2.05, 4.69) is 30.0 Å². The van der Waals surface area contributed by atoms with Crippen molar-refractivity contribution in [1.82, 2.24) is 19.9 Å². The van der Waals surface area contributed by atoms with Crippen molar-refractivity contribution in [2.24, 2.45) is 0 Å². The topological polar surface area (TPSA) is 70.4 Å². The predicted octanol–water partition coefficient (Wildman–Crippen LogP) is 3.88. The zero-order valence-corrected chi connectivity index (χ0v) is 16.4. The minimum atomic E-state index is -4.50. The Balaban J connectivity index is 1.53. The highest BCUT2D eigenvalue weighted by molar-refractivity contribution is 5.88. The number of fused-ring (bicyclic) bond motifs is 2. The van der Waals surface area contributed by atoms with Crippen molar-refractivity contribution < 1.29 is 17.9 Å². The highest BCUT2D eigenvalue weighted by Crippen LogP contribution is 2.39. The van der Waals surface area contributed by atoms with E-state index in [1.165, 1.54) is 6.33 Å². The van der Waals surface area contributed by atoms with Gasteiger partial charge < -0.3 is 19.9 Å². The number of hydrogen-bond acceptors (Lipinski definition) is 5. The monoisotopic (exact) mass is 428 g/mol. The average Bonchev–Trinajstić information content (AvgIpc) is 3.41. The molecule has 4 heterocycles. The van der Waals surface area contributed by atoms with Crippen molar-refractivity contribution in [2.45, 2.75) is 30.7 Å². The minimum Gasteiger partial charge on any atom is -0.491 e. The first-order chi connectivity index (χ1) is 14.9. The first kappa shape index (κ1) is 19.6. The summed E-state index contributed by atoms with van der Waals surface area (Å²) in [5.74, 6) is 1.05. The van der Waals surface area contributed by atoms with Crippen LogP contribution in [0.15, 0.2) is 36.7 Å². The lowest BCUT2D eigenvalue weighted by Crippen LogP contribution is -2.47. The van der Waals surface area contributed by atoms with Crippen molar-refractivity contribution >= 4 is 16.9 Å². The highest BCUT2D eigenvalue weighted by Gasteiger charge is 2.40. The average molecular weight is 428 g/mol. The number of rotatable bonds is 3. The molecule has 10 heteroatoms. The highest BCUT2D eigenvalue weighted by atomic mass is 19.4. The molecule has 160 valence electrons. The van der Waals surface area contributed by atoms with E-state index in [-0.39, 0.29) is 29.2 Å². The Hall–Kier alpha value is -3.32. The molecule has 2 aliphatic heterocycles. The fourth-order valence-corrected chi connectivity index (χ4v) is 4.37. The molecule has 2 aromatic heterocycles. The maximum absolute atomic E-state index is 13.2. The van der Waals surface area contributed by atoms with E-state index in [0.717, 1.165) is 30.3 Å². The minimum absolute atomic E-state index is 0.0532. The molecule has 3 atom stereocenters. The van der Waals surface area contributed by atoms with Crippen LogP contribution in [0.3, 0.4) is 0 Å². The van der Waals surface area contributed by atoms with Crippen LogP contribution in [0.1, 0.15) is 23.7 Å². The second-order valence-corrected chi connectivity index (χ2v) is 7.77. The maximum atomic E-state index is 13.2. The smallest absolute Gasteiger partial charge is 0.431 e. The number of anilines is 1. The fourth-order valence-electron chi connectivity index (χ4n) is 4.37. The van der Waals surface area contributed by atoms with Crippen LogP contribution in [0.25, 0.3) is 15.9 Å². The van der Waals surface area contributed by atoms with Gasteiger partial charge in [-0.2, -0.15) is 13.2 Å². The number of halogens is 3. The second-order valence-electron chi connectivity index (χ2n) is 7.77. The van der Waals surface area contributed by atoms with E-state index in [4.69, 9.17) is 11.3 Å². The summed E-state index contributed by atoms with van der Waals surface area (Å²) in [4.78, 5) is 16.4. The van der Waals surface area contributed by atoms with Gasteiger partial charge in [0.25, 0.3) is 0 Å². The number of hydrogen-bond donors (Lipinski definition) is 2. The molecule has 7 nitrogen and oxygen atoms in total. The summed E-state index contributed by atoms with van der Waals surface area (Å²) in [7, 11) is 0. The lowest BCUT2D eigenvalue weighted by Gasteiger charge is -2.39. The molecule has 3 aromatic rings. The van der Waals surface area contributed by atoms with Gasteiger partial charge in [-0.3, -0.25) is 4.90 Å². The fraction of sp³-hybridized carbons (Fsp3) is 0.381. The molecule has 0 saturated carbocycles. The van der Waals surface area contributed by atoms with Crippen LogP contribution in [0.5, 0.6) is 5.75 Å². The number of nitrogens with zero attached hydrogens (tertiary/aromatic N) is 4. The van der Waals surface area contributed by atoms with Crippen LogP contribution < -0.4 is 10.1 Å². The van der Waals surface area contributed by atoms with Crippen molar-refractivity contribution in [1.29, 1.82) is 0 Å². The van der Waals surface area contributed by atoms with E-state index >= 15 is 0 Å². The van der Waals surface area contributed by atoms with E-state index in [0.29, 0.717) is 19.0 Å². The van der Waals surface area contributed by atoms with Crippen LogP contribution in [0, 0.1) is 6.57 Å². The molecular formula is C21H19F3N6O. The molecule has 0 spiro atoms. The molecule has 1 aromatic carbocycles. The van der Waals surface area contributed by atoms with Crippen LogP contribution in [0.2, 0.25) is 0 Å². The van der Waals surface area contributed by atoms with E-state index in [9.17, 15) is 13.2 Å². The van der Waals surface area contributed by atoms with Crippen molar-refractivity contribution in [3.63, 3.8) is 0 Å². The van der Waals surface area contributed by atoms with Gasteiger partial charge in [0.15, 0.2) is 0 Å². The predicted molar refractivity (Wildman–Crippen MR) is 108 cm³/mol. The first-order valence-corrected chi connectivity index (χ1v) is 9.94. The van der Waals surface area contributed by atoms with E-state index in [1.807, 2.05) is 24.3 Å². The van der Waals surface area contributed by atoms with Gasteiger partial charge in [0.2, 0.25) is 6.04 Å². The van der Waals surface area contributed by atoms with Crippen molar-refractivity contribution in [3.05, 3.63) is 59.3 Å². The zero-order valence-electron chi connectivity index (χ0n) is 16.4. The zero-order chi connectivity index (χ0) is 21.6. The number of aromatic nitrogens is 3. The van der Waals surface area contributed by atoms with Gasteiger partial charge in [-0.15, -0.1) is 0 Å². The third-order valence-electron chi connectivity index (χ3n) is 5.92. The third-order valence-corrected chi connectivity index (χ3v) is 5.92. The van der Waals surface area contributed by atoms with Gasteiger partial charge in [0.1, 0.15) is 35.8 Å². The molecule has 0 unspecified atom stereocenters. The number of nitrogens with one attached hydrogen (secondary N) is 2. The van der Waals surface area contributed by atoms with E-state index in [1.54, 1.807) is 0 Å². The van der Waals surface area contributed by atoms with Gasteiger partial charge in [-0.25, -0.2) is 16.5 Å². The third kappa shape index (κ3) is 3.55. The maximum Gasteiger partial charge on any atom is 0.431 e. The summed E-state index contributed by atoms with van der Waals surface area (Å²) in [6.07, 6.45) is -2.47. The number of alkyl halides is 3. The van der Waals surface area contributed by atoms with Gasteiger partial charge >= 0.3 is 6.18 Å². The molecule has 1 saturated heterocycles. The summed E-state index contributed by atoms with van der Waals surface area (Å²) in [5.41, 5.74) is 0.161. The number of ether oxygens (including phenoxy) is 1. The molecule has 0 bridgehead atoms. The Labute approximate surface area is 176 Å². The van der Waals surface area contributed by atoms with Crippen LogP contribution in [-0.2, 0) is 6.18 Å². The second kappa shape index (κ2) is 7.42. The van der Waals surface area contributed by atoms with Crippen LogP contribution in [-0.4, -0.2) is 51.6 Å². The largest absolute Gasteiger partial charge is 0.491 e. The lowest BCUT2D eigenvalue weighted by atomic mass is 9.95. The standard InChI is InChI=1S/C21H19F3N6O/c1-25-12-6-7-30(9-12)15-10-31-16-5-3-2-4-13(16)18(15)29-20-14-8-17(21(22,23)24)28-19(14)26-11-27-20/h2-5,8,11-12,15,18H,6-7,9-10H2,(H2,26,27,28,29)/t12-,15+,18+/m1/s1. The van der Waals surface area contributed by atoms with Gasteiger partial charge in [-0.1, -0.05) is 18.2 Å². The molecule has 0 radical (unpaired) electrons. The number of H-pyrrole nitrogens is 1. The lowest BCUT2D eigenvalue weighted by molar-refractivity contribution is -0.140. The van der Waals surface area contributed by atoms with Gasteiger partial charge in [-0.05, 0) is 12.1 Å². The SMILES string of the molecule is [C-]#[N+][C@@H]1CCN([C@H]2COc3ccccc3[C@@H]2Nc2ncnc3[nH]c(C(F)(F)F)cc23)C1. The Morgan fingerprint density at radius 1 is 1.26 bits per heavy atom. The molecular weight excluding hydrogens is 409 g/mol. The molecule has 0 amide bonds. The molecule has 2 aliphatic rings. The molecule has 2 N–H and O–H groups in total. The van der Waals surface area contributed by atoms with Crippen molar-refractivity contribution in [2.75, 3.05) is 25.0 Å². The Morgan fingerprint density at radius 2 is 2.10 bits per heavy atom. The number of para-hydroxylation sites is 1. The summed E-state index contributed by atoms with van der Waals surface area (Å²) >= 11 is 0. The number of likely N-dealkylation sites (tertiary alicyclic amines) is 1. The Morgan fingerprint density at radius 3 is 2.87 bits per heavy atom. The molecule has 5 rings (SSSR count).